The zero-order valence-electron chi connectivity index (χ0n) is 8.59. The summed E-state index contributed by atoms with van der Waals surface area (Å²) in [5.41, 5.74) is 6.91. The van der Waals surface area contributed by atoms with Crippen molar-refractivity contribution in [2.45, 2.75) is 6.42 Å². The number of phenols is 1. The van der Waals surface area contributed by atoms with E-state index in [1.54, 1.807) is 12.1 Å². The van der Waals surface area contributed by atoms with Crippen LogP contribution in [0.4, 0.5) is 0 Å². The van der Waals surface area contributed by atoms with Crippen LogP contribution >= 0.6 is 15.9 Å². The predicted molar refractivity (Wildman–Crippen MR) is 65.1 cm³/mol. The Balaban J connectivity index is 3.17. The number of phenolic OH excluding ortho intramolecular Hbond substituents is 1. The number of rotatable bonds is 4. The molecule has 0 saturated carbocycles. The summed E-state index contributed by atoms with van der Waals surface area (Å²) in [6.07, 6.45) is 0.646. The standard InChI is InChI=1S/C11H14BrNO2/c1-7(3-4-13)9-5-8(12)6-10(15-2)11(9)14/h5-6,14H,1,3-4,13H2,2H3. The van der Waals surface area contributed by atoms with E-state index in [2.05, 4.69) is 22.5 Å². The summed E-state index contributed by atoms with van der Waals surface area (Å²) in [5, 5.41) is 9.86. The average Bonchev–Trinajstić information content (AvgIpc) is 2.21. The fourth-order valence-corrected chi connectivity index (χ4v) is 1.75. The highest BCUT2D eigenvalue weighted by molar-refractivity contribution is 9.10. The zero-order valence-corrected chi connectivity index (χ0v) is 10.2. The van der Waals surface area contributed by atoms with E-state index in [4.69, 9.17) is 10.5 Å². The highest BCUT2D eigenvalue weighted by Gasteiger charge is 2.11. The lowest BCUT2D eigenvalue weighted by atomic mass is 10.0. The summed E-state index contributed by atoms with van der Waals surface area (Å²) in [6.45, 7) is 4.38. The highest BCUT2D eigenvalue weighted by Crippen LogP contribution is 2.37. The molecule has 0 bridgehead atoms. The minimum Gasteiger partial charge on any atom is -0.504 e. The molecule has 0 heterocycles. The Kier molecular flexibility index (Phi) is 4.17. The van der Waals surface area contributed by atoms with Gasteiger partial charge in [-0.3, -0.25) is 0 Å². The topological polar surface area (TPSA) is 55.5 Å². The van der Waals surface area contributed by atoms with Gasteiger partial charge in [-0.05, 0) is 30.7 Å². The van der Waals surface area contributed by atoms with E-state index in [0.29, 0.717) is 24.3 Å². The number of methoxy groups -OCH3 is 1. The van der Waals surface area contributed by atoms with Crippen LogP contribution in [0.2, 0.25) is 0 Å². The molecule has 1 rings (SSSR count). The van der Waals surface area contributed by atoms with Gasteiger partial charge in [0.2, 0.25) is 0 Å². The first-order valence-corrected chi connectivity index (χ1v) is 5.34. The third kappa shape index (κ3) is 2.73. The largest absolute Gasteiger partial charge is 0.504 e. The number of ether oxygens (including phenoxy) is 1. The van der Waals surface area contributed by atoms with E-state index in [-0.39, 0.29) is 5.75 Å². The molecule has 1 aromatic carbocycles. The molecule has 0 atom stereocenters. The molecular weight excluding hydrogens is 258 g/mol. The fraction of sp³-hybridized carbons (Fsp3) is 0.273. The van der Waals surface area contributed by atoms with Crippen LogP contribution < -0.4 is 10.5 Å². The van der Waals surface area contributed by atoms with Crippen molar-refractivity contribution >= 4 is 21.5 Å². The van der Waals surface area contributed by atoms with Crippen molar-refractivity contribution in [2.24, 2.45) is 5.73 Å². The predicted octanol–water partition coefficient (Wildman–Crippen LogP) is 2.53. The lowest BCUT2D eigenvalue weighted by Gasteiger charge is -2.11. The molecule has 0 aliphatic carbocycles. The number of benzene rings is 1. The minimum absolute atomic E-state index is 0.110. The summed E-state index contributed by atoms with van der Waals surface area (Å²) < 4.78 is 5.88. The zero-order chi connectivity index (χ0) is 11.4. The van der Waals surface area contributed by atoms with Gasteiger partial charge in [0, 0.05) is 10.0 Å². The maximum atomic E-state index is 9.86. The monoisotopic (exact) mass is 271 g/mol. The highest BCUT2D eigenvalue weighted by atomic mass is 79.9. The van der Waals surface area contributed by atoms with Crippen LogP contribution in [0.5, 0.6) is 11.5 Å². The van der Waals surface area contributed by atoms with Gasteiger partial charge >= 0.3 is 0 Å². The van der Waals surface area contributed by atoms with Gasteiger partial charge < -0.3 is 15.6 Å². The van der Waals surface area contributed by atoms with Crippen LogP contribution in [0.25, 0.3) is 5.57 Å². The van der Waals surface area contributed by atoms with Gasteiger partial charge in [-0.15, -0.1) is 0 Å². The van der Waals surface area contributed by atoms with Gasteiger partial charge in [-0.1, -0.05) is 22.5 Å². The van der Waals surface area contributed by atoms with Crippen molar-refractivity contribution in [3.05, 3.63) is 28.7 Å². The fourth-order valence-electron chi connectivity index (χ4n) is 1.31. The van der Waals surface area contributed by atoms with Crippen LogP contribution in [0.1, 0.15) is 12.0 Å². The van der Waals surface area contributed by atoms with Crippen molar-refractivity contribution in [3.8, 4) is 11.5 Å². The molecule has 0 amide bonds. The minimum atomic E-state index is 0.110. The molecule has 0 aromatic heterocycles. The van der Waals surface area contributed by atoms with Crippen molar-refractivity contribution < 1.29 is 9.84 Å². The van der Waals surface area contributed by atoms with Gasteiger partial charge in [0.05, 0.1) is 7.11 Å². The molecule has 0 aliphatic rings. The van der Waals surface area contributed by atoms with Crippen LogP contribution in [0.15, 0.2) is 23.2 Å². The molecule has 0 saturated heterocycles. The van der Waals surface area contributed by atoms with E-state index in [9.17, 15) is 5.11 Å². The normalized spacial score (nSPS) is 10.1. The van der Waals surface area contributed by atoms with Gasteiger partial charge in [0.25, 0.3) is 0 Å². The second-order valence-electron chi connectivity index (χ2n) is 3.15. The van der Waals surface area contributed by atoms with Gasteiger partial charge in [-0.2, -0.15) is 0 Å². The van der Waals surface area contributed by atoms with E-state index >= 15 is 0 Å². The summed E-state index contributed by atoms with van der Waals surface area (Å²) in [7, 11) is 1.51. The van der Waals surface area contributed by atoms with Crippen LogP contribution in [0.3, 0.4) is 0 Å². The molecule has 0 spiro atoms. The Bertz CT molecular complexity index is 377. The molecule has 82 valence electrons. The first-order valence-electron chi connectivity index (χ1n) is 4.55. The number of nitrogens with two attached hydrogens (primary N) is 1. The maximum absolute atomic E-state index is 9.86. The lowest BCUT2D eigenvalue weighted by molar-refractivity contribution is 0.372. The first-order chi connectivity index (χ1) is 7.10. The molecule has 4 heteroatoms. The summed E-state index contributed by atoms with van der Waals surface area (Å²) in [4.78, 5) is 0. The quantitative estimate of drug-likeness (QED) is 0.885. The smallest absolute Gasteiger partial charge is 0.165 e. The van der Waals surface area contributed by atoms with Gasteiger partial charge in [0.1, 0.15) is 0 Å². The molecule has 0 unspecified atom stereocenters. The summed E-state index contributed by atoms with van der Waals surface area (Å²) in [5.74, 6) is 0.539. The molecule has 1 aromatic rings. The Hall–Kier alpha value is -1.00. The van der Waals surface area contributed by atoms with Crippen molar-refractivity contribution in [2.75, 3.05) is 13.7 Å². The second-order valence-corrected chi connectivity index (χ2v) is 4.06. The Labute approximate surface area is 97.7 Å². The molecular formula is C11H14BrNO2. The van der Waals surface area contributed by atoms with Crippen LogP contribution in [-0.2, 0) is 0 Å². The van der Waals surface area contributed by atoms with Crippen molar-refractivity contribution in [3.63, 3.8) is 0 Å². The Morgan fingerprint density at radius 2 is 2.27 bits per heavy atom. The SMILES string of the molecule is C=C(CCN)c1cc(Br)cc(OC)c1O. The maximum Gasteiger partial charge on any atom is 0.165 e. The third-order valence-electron chi connectivity index (χ3n) is 2.09. The van der Waals surface area contributed by atoms with Crippen molar-refractivity contribution in [1.29, 1.82) is 0 Å². The molecule has 3 N–H and O–H groups in total. The second kappa shape index (κ2) is 5.19. The van der Waals surface area contributed by atoms with Gasteiger partial charge in [-0.25, -0.2) is 0 Å². The summed E-state index contributed by atoms with van der Waals surface area (Å²) >= 11 is 3.34. The molecule has 0 fully saturated rings. The molecule has 3 nitrogen and oxygen atoms in total. The molecule has 15 heavy (non-hydrogen) atoms. The van der Waals surface area contributed by atoms with E-state index in [0.717, 1.165) is 10.0 Å². The number of hydrogen-bond donors (Lipinski definition) is 2. The Morgan fingerprint density at radius 3 is 2.80 bits per heavy atom. The van der Waals surface area contributed by atoms with E-state index in [1.807, 2.05) is 0 Å². The van der Waals surface area contributed by atoms with E-state index in [1.165, 1.54) is 7.11 Å². The van der Waals surface area contributed by atoms with E-state index < -0.39 is 0 Å². The number of hydrogen-bond acceptors (Lipinski definition) is 3. The summed E-state index contributed by atoms with van der Waals surface area (Å²) in [6, 6.07) is 3.50. The number of aromatic hydroxyl groups is 1. The van der Waals surface area contributed by atoms with Crippen LogP contribution in [-0.4, -0.2) is 18.8 Å². The molecule has 0 radical (unpaired) electrons. The van der Waals surface area contributed by atoms with Crippen molar-refractivity contribution in [1.82, 2.24) is 0 Å². The Morgan fingerprint density at radius 1 is 1.60 bits per heavy atom. The average molecular weight is 272 g/mol. The number of halogens is 1. The molecule has 0 aliphatic heterocycles. The lowest BCUT2D eigenvalue weighted by Crippen LogP contribution is -2.00. The van der Waals surface area contributed by atoms with Gasteiger partial charge in [0.15, 0.2) is 11.5 Å². The third-order valence-corrected chi connectivity index (χ3v) is 2.54. The first kappa shape index (κ1) is 12.1. The van der Waals surface area contributed by atoms with Crippen LogP contribution in [0, 0.1) is 0 Å².